The molecule has 0 unspecified atom stereocenters. The molecule has 0 bridgehead atoms. The number of hydrogen-bond donors (Lipinski definition) is 2. The van der Waals surface area contributed by atoms with E-state index >= 15 is 0 Å². The maximum absolute atomic E-state index is 12.6. The average Bonchev–Trinajstić information content (AvgIpc) is 2.87. The fourth-order valence-electron chi connectivity index (χ4n) is 3.99. The van der Waals surface area contributed by atoms with E-state index in [1.165, 1.54) is 6.08 Å². The van der Waals surface area contributed by atoms with Gasteiger partial charge < -0.3 is 0 Å². The molecule has 156 valence electrons. The van der Waals surface area contributed by atoms with Gasteiger partial charge in [-0.15, -0.1) is 0 Å². The van der Waals surface area contributed by atoms with Crippen LogP contribution in [0.3, 0.4) is 0 Å². The van der Waals surface area contributed by atoms with Crippen molar-refractivity contribution in [1.82, 2.24) is 0 Å². The quantitative estimate of drug-likeness (QED) is 0.241. The van der Waals surface area contributed by atoms with Crippen molar-refractivity contribution in [3.05, 3.63) is 12.2 Å². The molecule has 2 rings (SSSR count). The number of allylic oxidation sites excluding steroid dienone is 2. The second-order valence-corrected chi connectivity index (χ2v) is 14.5. The van der Waals surface area contributed by atoms with Crippen LogP contribution in [0.5, 0.6) is 0 Å². The normalized spacial score (nSPS) is 32.1. The summed E-state index contributed by atoms with van der Waals surface area (Å²) in [4.78, 5) is 0. The fraction of sp³-hybridized carbons (Fsp3) is 0.778. The van der Waals surface area contributed by atoms with E-state index in [4.69, 9.17) is 5.11 Å². The summed E-state index contributed by atoms with van der Waals surface area (Å²) in [7, 11) is 0. The SMILES string of the molecule is C[C@H](/C=C/C#CC(O)(C(F)(F)F)C(F)(F)F)[C@H]1CCI2[C@@H](O)CCC[C@]12C. The van der Waals surface area contributed by atoms with Crippen molar-refractivity contribution in [1.29, 1.82) is 0 Å². The van der Waals surface area contributed by atoms with Gasteiger partial charge >= 0.3 is 162 Å². The molecule has 2 fully saturated rings. The van der Waals surface area contributed by atoms with Crippen molar-refractivity contribution in [2.45, 2.75) is 65.0 Å². The van der Waals surface area contributed by atoms with Crippen LogP contribution in [-0.2, 0) is 0 Å². The molecule has 0 radical (unpaired) electrons. The first kappa shape index (κ1) is 22.8. The van der Waals surface area contributed by atoms with Crippen LogP contribution in [0.15, 0.2) is 12.2 Å². The molecule has 0 aliphatic carbocycles. The Labute approximate surface area is 161 Å². The Hall–Kier alpha value is -0.470. The number of hydrogen-bond acceptors (Lipinski definition) is 2. The van der Waals surface area contributed by atoms with E-state index in [-0.39, 0.29) is 19.4 Å². The van der Waals surface area contributed by atoms with Crippen LogP contribution in [0.2, 0.25) is 0 Å². The van der Waals surface area contributed by atoms with Crippen LogP contribution in [0, 0.1) is 23.7 Å². The molecule has 0 aromatic carbocycles. The van der Waals surface area contributed by atoms with Crippen LogP contribution in [-0.4, -0.2) is 40.1 Å². The second kappa shape index (κ2) is 7.75. The van der Waals surface area contributed by atoms with Gasteiger partial charge in [0.2, 0.25) is 0 Å². The van der Waals surface area contributed by atoms with Gasteiger partial charge in [0.25, 0.3) is 0 Å². The predicted molar refractivity (Wildman–Crippen MR) is 98.4 cm³/mol. The van der Waals surface area contributed by atoms with Gasteiger partial charge in [0.15, 0.2) is 0 Å². The zero-order valence-electron chi connectivity index (χ0n) is 15.0. The van der Waals surface area contributed by atoms with Crippen molar-refractivity contribution in [3.63, 3.8) is 0 Å². The molecule has 27 heavy (non-hydrogen) atoms. The standard InChI is InChI=1S/C18H23F6IO2/c1-12(13-8-11-25-14(26)7-5-9-15(13,25)2)6-3-4-10-16(27,17(19,20)21)18(22,23)24/h3,6,12-14,26-27H,5,7-9,11H2,1-2H3/b6-3+/t12-,13-,14+,15-/m1/s1. The maximum atomic E-state index is 12.6. The Balaban J connectivity index is 2.14. The molecule has 4 atom stereocenters. The topological polar surface area (TPSA) is 40.5 Å². The Bertz CT molecular complexity index is 618. The van der Waals surface area contributed by atoms with Crippen LogP contribution in [0.1, 0.15) is 39.5 Å². The van der Waals surface area contributed by atoms with Crippen LogP contribution >= 0.6 is 19.8 Å². The van der Waals surface area contributed by atoms with E-state index in [2.05, 4.69) is 6.92 Å². The Morgan fingerprint density at radius 2 is 1.74 bits per heavy atom. The van der Waals surface area contributed by atoms with Gasteiger partial charge in [0, 0.05) is 0 Å². The first-order chi connectivity index (χ1) is 12.2. The third kappa shape index (κ3) is 4.27. The third-order valence-corrected chi connectivity index (χ3v) is 14.2. The molecule has 2 nitrogen and oxygen atoms in total. The zero-order chi connectivity index (χ0) is 20.7. The second-order valence-electron chi connectivity index (χ2n) is 7.28. The van der Waals surface area contributed by atoms with Gasteiger partial charge in [-0.05, 0) is 0 Å². The average molecular weight is 512 g/mol. The summed E-state index contributed by atoms with van der Waals surface area (Å²) < 4.78 is 76.4. The molecule has 0 spiro atoms. The van der Waals surface area contributed by atoms with E-state index in [0.717, 1.165) is 42.1 Å². The number of alkyl halides is 9. The van der Waals surface area contributed by atoms with Gasteiger partial charge in [-0.1, -0.05) is 0 Å². The van der Waals surface area contributed by atoms with Gasteiger partial charge in [-0.25, -0.2) is 0 Å². The summed E-state index contributed by atoms with van der Waals surface area (Å²) >= 11 is -1.58. The molecule has 0 amide bonds. The van der Waals surface area contributed by atoms with E-state index in [0.29, 0.717) is 0 Å². The van der Waals surface area contributed by atoms with E-state index in [1.807, 2.05) is 6.92 Å². The molecule has 0 saturated carbocycles. The minimum atomic E-state index is -5.94. The first-order valence-corrected chi connectivity index (χ1v) is 12.5. The summed E-state index contributed by atoms with van der Waals surface area (Å²) in [5.41, 5.74) is -5.04. The molecular formula is C18H23F6IO2. The molecule has 2 aliphatic rings. The van der Waals surface area contributed by atoms with E-state index in [1.54, 1.807) is 5.92 Å². The van der Waals surface area contributed by atoms with Crippen molar-refractivity contribution in [2.75, 3.05) is 4.43 Å². The molecule has 0 aromatic heterocycles. The van der Waals surface area contributed by atoms with Gasteiger partial charge in [0.05, 0.1) is 0 Å². The van der Waals surface area contributed by atoms with E-state index in [9.17, 15) is 31.4 Å². The Morgan fingerprint density at radius 1 is 1.15 bits per heavy atom. The van der Waals surface area contributed by atoms with Gasteiger partial charge in [-0.2, -0.15) is 0 Å². The summed E-state index contributed by atoms with van der Waals surface area (Å²) in [6.45, 7) is 4.04. The zero-order valence-corrected chi connectivity index (χ0v) is 17.1. The molecule has 9 heteroatoms. The molecule has 0 aromatic rings. The fourth-order valence-corrected chi connectivity index (χ4v) is 13.1. The summed E-state index contributed by atoms with van der Waals surface area (Å²) in [6.07, 6.45) is -5.72. The third-order valence-electron chi connectivity index (χ3n) is 5.55. The first-order valence-electron chi connectivity index (χ1n) is 8.61. The summed E-state index contributed by atoms with van der Waals surface area (Å²) in [6, 6.07) is 0. The number of halogens is 7. The Morgan fingerprint density at radius 3 is 2.30 bits per heavy atom. The van der Waals surface area contributed by atoms with Crippen molar-refractivity contribution < 1.29 is 36.6 Å². The molecular weight excluding hydrogens is 489 g/mol. The van der Waals surface area contributed by atoms with Crippen LogP contribution in [0.4, 0.5) is 26.3 Å². The number of aliphatic hydroxyl groups excluding tert-OH is 1. The number of fused-ring (bicyclic) bond motifs is 1. The van der Waals surface area contributed by atoms with Crippen molar-refractivity contribution in [3.8, 4) is 11.8 Å². The molecule has 2 heterocycles. The number of rotatable bonds is 2. The van der Waals surface area contributed by atoms with Gasteiger partial charge in [0.1, 0.15) is 0 Å². The summed E-state index contributed by atoms with van der Waals surface area (Å²) in [5.74, 6) is 2.82. The van der Waals surface area contributed by atoms with Crippen molar-refractivity contribution >= 4 is 19.8 Å². The minimum absolute atomic E-state index is 0.0530. The van der Waals surface area contributed by atoms with Gasteiger partial charge in [-0.3, -0.25) is 0 Å². The molecule has 2 aliphatic heterocycles. The molecule has 2 saturated heterocycles. The monoisotopic (exact) mass is 512 g/mol. The van der Waals surface area contributed by atoms with Crippen molar-refractivity contribution in [2.24, 2.45) is 11.8 Å². The van der Waals surface area contributed by atoms with E-state index < -0.39 is 37.8 Å². The van der Waals surface area contributed by atoms with Crippen LogP contribution in [0.25, 0.3) is 0 Å². The molecule has 2 N–H and O–H groups in total. The van der Waals surface area contributed by atoms with Crippen LogP contribution < -0.4 is 0 Å². The Kier molecular flexibility index (Phi) is 6.55. The predicted octanol–water partition coefficient (Wildman–Crippen LogP) is 4.83. The number of aliphatic hydroxyl groups is 2. The summed E-state index contributed by atoms with van der Waals surface area (Å²) in [5, 5.41) is 19.3.